The summed E-state index contributed by atoms with van der Waals surface area (Å²) < 4.78 is 30.2. The van der Waals surface area contributed by atoms with E-state index >= 15 is 0 Å². The highest BCUT2D eigenvalue weighted by Gasteiger charge is 2.40. The van der Waals surface area contributed by atoms with Crippen LogP contribution < -0.4 is 4.74 Å². The van der Waals surface area contributed by atoms with Crippen LogP contribution in [0.1, 0.15) is 53.5 Å². The van der Waals surface area contributed by atoms with Crippen LogP contribution >= 0.6 is 0 Å². The van der Waals surface area contributed by atoms with Crippen LogP contribution in [0.15, 0.2) is 24.3 Å². The molecule has 0 saturated carbocycles. The van der Waals surface area contributed by atoms with Crippen molar-refractivity contribution in [1.82, 2.24) is 0 Å². The van der Waals surface area contributed by atoms with Gasteiger partial charge in [-0.15, -0.1) is 0 Å². The SMILES string of the molecule is CC[Si](CC)(CC)O[C@H](CO)[C@@H](OCc1ccc(OC)cc1)[C@H](C)C[C@@H]1COC(C)(C)O1. The lowest BCUT2D eigenvalue weighted by atomic mass is 9.94. The number of hydrogen-bond donors (Lipinski definition) is 1. The maximum absolute atomic E-state index is 10.3. The highest BCUT2D eigenvalue weighted by molar-refractivity contribution is 6.73. The lowest BCUT2D eigenvalue weighted by Crippen LogP contribution is -2.49. The lowest BCUT2D eigenvalue weighted by molar-refractivity contribution is -0.144. The Balaban J connectivity index is 2.16. The third-order valence-corrected chi connectivity index (χ3v) is 11.4. The maximum atomic E-state index is 10.3. The molecule has 32 heavy (non-hydrogen) atoms. The molecule has 1 aromatic carbocycles. The zero-order chi connectivity index (χ0) is 23.8. The van der Waals surface area contributed by atoms with Crippen molar-refractivity contribution in [2.75, 3.05) is 20.3 Å². The van der Waals surface area contributed by atoms with E-state index in [-0.39, 0.29) is 30.8 Å². The van der Waals surface area contributed by atoms with Crippen molar-refractivity contribution in [2.45, 2.75) is 96.8 Å². The minimum Gasteiger partial charge on any atom is -0.497 e. The van der Waals surface area contributed by atoms with Gasteiger partial charge in [-0.1, -0.05) is 39.8 Å². The monoisotopic (exact) mass is 468 g/mol. The van der Waals surface area contributed by atoms with Crippen molar-refractivity contribution >= 4 is 8.32 Å². The van der Waals surface area contributed by atoms with Gasteiger partial charge in [-0.3, -0.25) is 0 Å². The Bertz CT molecular complexity index is 653. The van der Waals surface area contributed by atoms with E-state index in [1.165, 1.54) is 0 Å². The van der Waals surface area contributed by atoms with Crippen LogP contribution in [0, 0.1) is 5.92 Å². The summed E-state index contributed by atoms with van der Waals surface area (Å²) in [6.07, 6.45) is 0.197. The fourth-order valence-corrected chi connectivity index (χ4v) is 7.36. The van der Waals surface area contributed by atoms with Gasteiger partial charge in [0, 0.05) is 0 Å². The van der Waals surface area contributed by atoms with Crippen LogP contribution in [0.2, 0.25) is 18.1 Å². The van der Waals surface area contributed by atoms with Gasteiger partial charge in [0.05, 0.1) is 45.2 Å². The number of benzene rings is 1. The van der Waals surface area contributed by atoms with Crippen molar-refractivity contribution in [3.63, 3.8) is 0 Å². The van der Waals surface area contributed by atoms with Gasteiger partial charge in [0.1, 0.15) is 5.75 Å². The van der Waals surface area contributed by atoms with E-state index < -0.39 is 14.1 Å². The number of ether oxygens (including phenoxy) is 4. The zero-order valence-electron chi connectivity index (χ0n) is 21.1. The molecule has 184 valence electrons. The molecular weight excluding hydrogens is 424 g/mol. The van der Waals surface area contributed by atoms with Gasteiger partial charge in [0.15, 0.2) is 14.1 Å². The van der Waals surface area contributed by atoms with E-state index in [4.69, 9.17) is 23.4 Å². The van der Waals surface area contributed by atoms with Gasteiger partial charge in [-0.2, -0.15) is 0 Å². The average molecular weight is 469 g/mol. The fraction of sp³-hybridized carbons (Fsp3) is 0.760. The quantitative estimate of drug-likeness (QED) is 0.381. The minimum atomic E-state index is -1.91. The van der Waals surface area contributed by atoms with E-state index in [0.717, 1.165) is 35.9 Å². The van der Waals surface area contributed by atoms with E-state index in [2.05, 4.69) is 27.7 Å². The first-order chi connectivity index (χ1) is 15.2. The maximum Gasteiger partial charge on any atom is 0.192 e. The fourth-order valence-electron chi connectivity index (χ4n) is 4.51. The molecular formula is C25H44O6Si. The molecule has 6 nitrogen and oxygen atoms in total. The summed E-state index contributed by atoms with van der Waals surface area (Å²) >= 11 is 0. The van der Waals surface area contributed by atoms with E-state index in [1.54, 1.807) is 7.11 Å². The number of methoxy groups -OCH3 is 1. The Morgan fingerprint density at radius 2 is 1.75 bits per heavy atom. The number of aliphatic hydroxyl groups is 1. The second kappa shape index (κ2) is 12.5. The van der Waals surface area contributed by atoms with Crippen molar-refractivity contribution in [3.8, 4) is 5.75 Å². The van der Waals surface area contributed by atoms with Crippen LogP contribution in [0.3, 0.4) is 0 Å². The van der Waals surface area contributed by atoms with E-state index in [9.17, 15) is 5.11 Å². The number of aliphatic hydroxyl groups excluding tert-OH is 1. The first-order valence-electron chi connectivity index (χ1n) is 12.1. The van der Waals surface area contributed by atoms with Gasteiger partial charge in [-0.05, 0) is 62.0 Å². The highest BCUT2D eigenvalue weighted by atomic mass is 28.4. The van der Waals surface area contributed by atoms with Crippen LogP contribution in [-0.4, -0.2) is 57.8 Å². The molecule has 1 N–H and O–H groups in total. The molecule has 7 heteroatoms. The Morgan fingerprint density at radius 1 is 1.12 bits per heavy atom. The molecule has 0 aliphatic carbocycles. The molecule has 1 aromatic rings. The summed E-state index contributed by atoms with van der Waals surface area (Å²) in [7, 11) is -0.250. The number of hydrogen-bond acceptors (Lipinski definition) is 6. The van der Waals surface area contributed by atoms with Gasteiger partial charge in [0.2, 0.25) is 0 Å². The zero-order valence-corrected chi connectivity index (χ0v) is 22.1. The van der Waals surface area contributed by atoms with Gasteiger partial charge in [-0.25, -0.2) is 0 Å². The normalized spacial score (nSPS) is 21.3. The Hall–Kier alpha value is -0.963. The standard InChI is InChI=1S/C25H44O6Si/c1-8-32(9-2,10-3)31-23(16-26)24(19(4)15-22-18-29-25(5,6)30-22)28-17-20-11-13-21(27-7)14-12-20/h11-14,19,22-24,26H,8-10,15-18H2,1-7H3/t19-,22-,23-,24+/m1/s1. The Kier molecular flexibility index (Phi) is 10.6. The van der Waals surface area contributed by atoms with Crippen LogP contribution in [0.25, 0.3) is 0 Å². The largest absolute Gasteiger partial charge is 0.497 e. The van der Waals surface area contributed by atoms with Crippen molar-refractivity contribution in [3.05, 3.63) is 29.8 Å². The second-order valence-corrected chi connectivity index (χ2v) is 14.1. The van der Waals surface area contributed by atoms with Crippen molar-refractivity contribution in [2.24, 2.45) is 5.92 Å². The molecule has 0 spiro atoms. The summed E-state index contributed by atoms with van der Waals surface area (Å²) in [4.78, 5) is 0. The molecule has 1 aliphatic rings. The third kappa shape index (κ3) is 7.54. The summed E-state index contributed by atoms with van der Waals surface area (Å²) in [5.74, 6) is 0.400. The molecule has 2 rings (SSSR count). The van der Waals surface area contributed by atoms with Crippen LogP contribution in [0.5, 0.6) is 5.75 Å². The molecule has 0 unspecified atom stereocenters. The van der Waals surface area contributed by atoms with Crippen molar-refractivity contribution < 1.29 is 28.5 Å². The van der Waals surface area contributed by atoms with Gasteiger partial charge < -0.3 is 28.5 Å². The Labute approximate surface area is 195 Å². The molecule has 0 radical (unpaired) electrons. The number of rotatable bonds is 14. The average Bonchev–Trinajstić information content (AvgIpc) is 3.14. The molecule has 4 atom stereocenters. The predicted molar refractivity (Wildman–Crippen MR) is 129 cm³/mol. The molecule has 1 aliphatic heterocycles. The van der Waals surface area contributed by atoms with E-state index in [1.807, 2.05) is 38.1 Å². The van der Waals surface area contributed by atoms with Crippen LogP contribution in [0.4, 0.5) is 0 Å². The summed E-state index contributed by atoms with van der Waals surface area (Å²) in [5.41, 5.74) is 1.06. The van der Waals surface area contributed by atoms with Gasteiger partial charge >= 0.3 is 0 Å². The predicted octanol–water partition coefficient (Wildman–Crippen LogP) is 5.14. The van der Waals surface area contributed by atoms with E-state index in [0.29, 0.717) is 13.2 Å². The second-order valence-electron chi connectivity index (χ2n) is 9.37. The minimum absolute atomic E-state index is 0.0111. The summed E-state index contributed by atoms with van der Waals surface area (Å²) in [5, 5.41) is 10.3. The van der Waals surface area contributed by atoms with Gasteiger partial charge in [0.25, 0.3) is 0 Å². The smallest absolute Gasteiger partial charge is 0.192 e. The Morgan fingerprint density at radius 3 is 2.22 bits per heavy atom. The molecule has 1 saturated heterocycles. The highest BCUT2D eigenvalue weighted by Crippen LogP contribution is 2.32. The summed E-state index contributed by atoms with van der Waals surface area (Å²) in [6, 6.07) is 11.0. The molecule has 1 heterocycles. The molecule has 0 aromatic heterocycles. The summed E-state index contributed by atoms with van der Waals surface area (Å²) in [6.45, 7) is 13.6. The molecule has 0 amide bonds. The topological polar surface area (TPSA) is 66.4 Å². The third-order valence-electron chi connectivity index (χ3n) is 6.75. The first kappa shape index (κ1) is 27.3. The van der Waals surface area contributed by atoms with Crippen LogP contribution in [-0.2, 0) is 25.2 Å². The lowest BCUT2D eigenvalue weighted by Gasteiger charge is -2.38. The van der Waals surface area contributed by atoms with Crippen molar-refractivity contribution in [1.29, 1.82) is 0 Å². The molecule has 0 bridgehead atoms. The molecule has 1 fully saturated rings. The first-order valence-corrected chi connectivity index (χ1v) is 14.6.